The summed E-state index contributed by atoms with van der Waals surface area (Å²) in [4.78, 5) is 27.9. The van der Waals surface area contributed by atoms with Gasteiger partial charge in [-0.15, -0.1) is 0 Å². The monoisotopic (exact) mass is 333 g/mol. The Morgan fingerprint density at radius 1 is 1.12 bits per heavy atom. The van der Waals surface area contributed by atoms with Gasteiger partial charge in [0.1, 0.15) is 5.60 Å². The van der Waals surface area contributed by atoms with Crippen LogP contribution in [-0.2, 0) is 4.74 Å². The number of benzene rings is 1. The van der Waals surface area contributed by atoms with Gasteiger partial charge in [-0.1, -0.05) is 6.07 Å². The molecule has 1 fully saturated rings. The molecule has 1 aliphatic heterocycles. The summed E-state index contributed by atoms with van der Waals surface area (Å²) < 4.78 is 5.43. The van der Waals surface area contributed by atoms with Gasteiger partial charge in [0, 0.05) is 38.8 Å². The fraction of sp³-hybridized carbons (Fsp3) is 0.556. The van der Waals surface area contributed by atoms with Gasteiger partial charge in [-0.3, -0.25) is 4.79 Å². The van der Waals surface area contributed by atoms with Gasteiger partial charge in [0.15, 0.2) is 5.78 Å². The van der Waals surface area contributed by atoms with Crippen LogP contribution in [0.1, 0.15) is 38.1 Å². The predicted molar refractivity (Wildman–Crippen MR) is 96.0 cm³/mol. The van der Waals surface area contributed by atoms with Crippen molar-refractivity contribution in [2.75, 3.05) is 43.4 Å². The molecule has 1 N–H and O–H groups in total. The number of hydrogen-bond acceptors (Lipinski definition) is 5. The second-order valence-corrected chi connectivity index (χ2v) is 6.96. The number of amides is 1. The van der Waals surface area contributed by atoms with Crippen molar-refractivity contribution in [2.24, 2.45) is 0 Å². The van der Waals surface area contributed by atoms with Gasteiger partial charge < -0.3 is 19.9 Å². The molecule has 2 rings (SSSR count). The minimum absolute atomic E-state index is 0.0357. The number of carbonyl (C=O) groups is 2. The van der Waals surface area contributed by atoms with E-state index in [1.165, 1.54) is 0 Å². The Morgan fingerprint density at radius 2 is 1.75 bits per heavy atom. The molecule has 0 bridgehead atoms. The van der Waals surface area contributed by atoms with Crippen molar-refractivity contribution < 1.29 is 14.3 Å². The van der Waals surface area contributed by atoms with Crippen molar-refractivity contribution in [1.82, 2.24) is 4.90 Å². The fourth-order valence-electron chi connectivity index (χ4n) is 2.82. The average molecular weight is 333 g/mol. The Labute approximate surface area is 143 Å². The van der Waals surface area contributed by atoms with Crippen LogP contribution >= 0.6 is 0 Å². The summed E-state index contributed by atoms with van der Waals surface area (Å²) in [5, 5.41) is 3.14. The highest BCUT2D eigenvalue weighted by Gasteiger charge is 2.27. The van der Waals surface area contributed by atoms with Gasteiger partial charge >= 0.3 is 6.09 Å². The summed E-state index contributed by atoms with van der Waals surface area (Å²) in [5.41, 5.74) is 2.04. The van der Waals surface area contributed by atoms with Crippen LogP contribution in [0.3, 0.4) is 0 Å². The van der Waals surface area contributed by atoms with Crippen LogP contribution in [0.25, 0.3) is 0 Å². The molecule has 132 valence electrons. The fourth-order valence-corrected chi connectivity index (χ4v) is 2.82. The Kier molecular flexibility index (Phi) is 5.36. The molecule has 1 saturated heterocycles. The SMILES string of the molecule is CNc1c(C(C)=O)cccc1N1CCN(C(=O)OC(C)(C)C)CC1. The minimum Gasteiger partial charge on any atom is -0.444 e. The molecule has 1 aliphatic rings. The van der Waals surface area contributed by atoms with Crippen LogP contribution in [0.15, 0.2) is 18.2 Å². The Bertz CT molecular complexity index is 614. The molecule has 0 radical (unpaired) electrons. The van der Waals surface area contributed by atoms with Crippen molar-refractivity contribution >= 4 is 23.3 Å². The molecule has 1 heterocycles. The van der Waals surface area contributed by atoms with Gasteiger partial charge in [0.05, 0.1) is 11.4 Å². The number of piperazine rings is 1. The minimum atomic E-state index is -0.483. The summed E-state index contributed by atoms with van der Waals surface area (Å²) in [5.74, 6) is 0.0357. The van der Waals surface area contributed by atoms with Crippen molar-refractivity contribution in [3.05, 3.63) is 23.8 Å². The van der Waals surface area contributed by atoms with E-state index >= 15 is 0 Å². The van der Waals surface area contributed by atoms with E-state index in [2.05, 4.69) is 10.2 Å². The maximum atomic E-state index is 12.2. The number of ketones is 1. The number of anilines is 2. The zero-order chi connectivity index (χ0) is 17.9. The van der Waals surface area contributed by atoms with E-state index in [0.29, 0.717) is 31.7 Å². The normalized spacial score (nSPS) is 15.2. The van der Waals surface area contributed by atoms with Crippen molar-refractivity contribution in [3.8, 4) is 0 Å². The van der Waals surface area contributed by atoms with Gasteiger partial charge in [-0.25, -0.2) is 4.79 Å². The Balaban J connectivity index is 2.09. The lowest BCUT2D eigenvalue weighted by molar-refractivity contribution is 0.0240. The standard InChI is InChI=1S/C18H27N3O3/c1-13(22)14-7-6-8-15(16(14)19-5)20-9-11-21(12-10-20)17(23)24-18(2,3)4/h6-8,19H,9-12H2,1-5H3. The summed E-state index contributed by atoms with van der Waals surface area (Å²) in [6.07, 6.45) is -0.270. The molecule has 0 unspecified atom stereocenters. The Hall–Kier alpha value is -2.24. The highest BCUT2D eigenvalue weighted by molar-refractivity contribution is 6.02. The third-order valence-corrected chi connectivity index (χ3v) is 3.94. The molecule has 6 nitrogen and oxygen atoms in total. The maximum absolute atomic E-state index is 12.2. The van der Waals surface area contributed by atoms with Crippen molar-refractivity contribution in [3.63, 3.8) is 0 Å². The van der Waals surface area contributed by atoms with Gasteiger partial charge in [0.25, 0.3) is 0 Å². The molecule has 0 aliphatic carbocycles. The third kappa shape index (κ3) is 4.19. The number of hydrogen-bond donors (Lipinski definition) is 1. The Morgan fingerprint density at radius 3 is 2.25 bits per heavy atom. The first kappa shape index (κ1) is 18.1. The molecule has 1 amide bonds. The molecule has 1 aromatic rings. The molecule has 0 spiro atoms. The van der Waals surface area contributed by atoms with Crippen LogP contribution in [0.4, 0.5) is 16.2 Å². The van der Waals surface area contributed by atoms with Gasteiger partial charge in [-0.2, -0.15) is 0 Å². The van der Waals surface area contributed by atoms with E-state index in [9.17, 15) is 9.59 Å². The molecule has 0 saturated carbocycles. The number of ether oxygens (including phenoxy) is 1. The summed E-state index contributed by atoms with van der Waals surface area (Å²) in [6, 6.07) is 5.73. The zero-order valence-electron chi connectivity index (χ0n) is 15.2. The summed E-state index contributed by atoms with van der Waals surface area (Å²) in [7, 11) is 1.82. The number of nitrogens with zero attached hydrogens (tertiary/aromatic N) is 2. The highest BCUT2D eigenvalue weighted by Crippen LogP contribution is 2.30. The molecule has 24 heavy (non-hydrogen) atoms. The first-order valence-electron chi connectivity index (χ1n) is 8.27. The van der Waals surface area contributed by atoms with E-state index in [-0.39, 0.29) is 11.9 Å². The summed E-state index contributed by atoms with van der Waals surface area (Å²) in [6.45, 7) is 9.78. The van der Waals surface area contributed by atoms with Crippen LogP contribution < -0.4 is 10.2 Å². The molecular formula is C18H27N3O3. The average Bonchev–Trinajstić information content (AvgIpc) is 2.52. The van der Waals surface area contributed by atoms with Crippen molar-refractivity contribution in [2.45, 2.75) is 33.3 Å². The number of rotatable bonds is 3. The van der Waals surface area contributed by atoms with E-state index < -0.39 is 5.60 Å². The topological polar surface area (TPSA) is 61.9 Å². The lowest BCUT2D eigenvalue weighted by Crippen LogP contribution is -2.50. The van der Waals surface area contributed by atoms with Gasteiger partial charge in [0.2, 0.25) is 0 Å². The number of Topliss-reactive ketones (excluding diaryl/α,β-unsaturated/α-hetero) is 1. The lowest BCUT2D eigenvalue weighted by Gasteiger charge is -2.37. The van der Waals surface area contributed by atoms with Crippen LogP contribution in [0.2, 0.25) is 0 Å². The number of para-hydroxylation sites is 1. The highest BCUT2D eigenvalue weighted by atomic mass is 16.6. The van der Waals surface area contributed by atoms with E-state index in [4.69, 9.17) is 4.74 Å². The molecule has 6 heteroatoms. The number of carbonyl (C=O) groups excluding carboxylic acids is 2. The van der Waals surface area contributed by atoms with E-state index in [0.717, 1.165) is 11.4 Å². The number of nitrogens with one attached hydrogen (secondary N) is 1. The first-order chi connectivity index (χ1) is 11.2. The maximum Gasteiger partial charge on any atom is 0.410 e. The molecule has 1 aromatic carbocycles. The lowest BCUT2D eigenvalue weighted by atomic mass is 10.1. The predicted octanol–water partition coefficient (Wildman–Crippen LogP) is 2.99. The van der Waals surface area contributed by atoms with E-state index in [1.807, 2.05) is 46.0 Å². The van der Waals surface area contributed by atoms with E-state index in [1.54, 1.807) is 11.8 Å². The third-order valence-electron chi connectivity index (χ3n) is 3.94. The van der Waals surface area contributed by atoms with Crippen LogP contribution in [0.5, 0.6) is 0 Å². The molecule has 0 aromatic heterocycles. The van der Waals surface area contributed by atoms with Crippen LogP contribution in [0, 0.1) is 0 Å². The first-order valence-corrected chi connectivity index (χ1v) is 8.27. The summed E-state index contributed by atoms with van der Waals surface area (Å²) >= 11 is 0. The van der Waals surface area contributed by atoms with Crippen molar-refractivity contribution in [1.29, 1.82) is 0 Å². The second kappa shape index (κ2) is 7.11. The van der Waals surface area contributed by atoms with Crippen LogP contribution in [-0.4, -0.2) is 55.6 Å². The largest absolute Gasteiger partial charge is 0.444 e. The molecular weight excluding hydrogens is 306 g/mol. The second-order valence-electron chi connectivity index (χ2n) is 6.96. The zero-order valence-corrected chi connectivity index (χ0v) is 15.2. The molecule has 0 atom stereocenters. The quantitative estimate of drug-likeness (QED) is 0.862. The smallest absolute Gasteiger partial charge is 0.410 e. The van der Waals surface area contributed by atoms with Gasteiger partial charge in [-0.05, 0) is 39.8 Å².